The Morgan fingerprint density at radius 2 is 1.83 bits per heavy atom. The average molecular weight is 431 g/mol. The van der Waals surface area contributed by atoms with Gasteiger partial charge in [-0.1, -0.05) is 62.5 Å². The molecule has 0 atom stereocenters. The molecular formula is C23H24Cl2N2O2. The summed E-state index contributed by atoms with van der Waals surface area (Å²) in [6.45, 7) is 6.34. The number of Topliss-reactive ketones (excluding diaryl/α,β-unsaturated/α-hetero) is 1. The Labute approximate surface area is 180 Å². The van der Waals surface area contributed by atoms with E-state index in [0.29, 0.717) is 22.2 Å². The molecule has 0 unspecified atom stereocenters. The zero-order valence-electron chi connectivity index (χ0n) is 16.8. The largest absolute Gasteiger partial charge is 0.366 e. The quantitative estimate of drug-likeness (QED) is 0.475. The van der Waals surface area contributed by atoms with Crippen molar-refractivity contribution in [1.82, 2.24) is 4.57 Å². The van der Waals surface area contributed by atoms with E-state index in [1.54, 1.807) is 24.3 Å². The number of benzene rings is 2. The van der Waals surface area contributed by atoms with Crippen LogP contribution in [0.25, 0.3) is 10.9 Å². The molecule has 2 N–H and O–H groups in total. The average Bonchev–Trinajstić information content (AvgIpc) is 2.96. The van der Waals surface area contributed by atoms with Crippen LogP contribution in [0.1, 0.15) is 59.2 Å². The maximum Gasteiger partial charge on any atom is 0.248 e. The molecule has 3 rings (SSSR count). The number of carbonyl (C=O) groups excluding carboxylic acids is 2. The molecule has 0 fully saturated rings. The zero-order chi connectivity index (χ0) is 21.3. The van der Waals surface area contributed by atoms with Crippen molar-refractivity contribution >= 4 is 45.8 Å². The number of amides is 1. The summed E-state index contributed by atoms with van der Waals surface area (Å²) in [5.74, 6) is -0.552. The lowest BCUT2D eigenvalue weighted by molar-refractivity contribution is 0.0939. The van der Waals surface area contributed by atoms with Crippen LogP contribution in [0.3, 0.4) is 0 Å². The van der Waals surface area contributed by atoms with E-state index in [-0.39, 0.29) is 11.7 Å². The van der Waals surface area contributed by atoms with E-state index in [9.17, 15) is 9.59 Å². The van der Waals surface area contributed by atoms with Crippen molar-refractivity contribution in [3.63, 3.8) is 0 Å². The summed E-state index contributed by atoms with van der Waals surface area (Å²) in [6, 6.07) is 10.6. The predicted molar refractivity (Wildman–Crippen MR) is 119 cm³/mol. The fraction of sp³-hybridized carbons (Fsp3) is 0.304. The van der Waals surface area contributed by atoms with Crippen LogP contribution in [0.4, 0.5) is 0 Å². The Kier molecular flexibility index (Phi) is 6.35. The van der Waals surface area contributed by atoms with Gasteiger partial charge in [0.1, 0.15) is 0 Å². The second-order valence-corrected chi connectivity index (χ2v) is 8.35. The molecule has 152 valence electrons. The molecule has 1 aromatic heterocycles. The number of halogens is 2. The molecule has 29 heavy (non-hydrogen) atoms. The fourth-order valence-electron chi connectivity index (χ4n) is 3.62. The van der Waals surface area contributed by atoms with Crippen molar-refractivity contribution < 1.29 is 9.59 Å². The van der Waals surface area contributed by atoms with Crippen LogP contribution >= 0.6 is 23.2 Å². The van der Waals surface area contributed by atoms with Gasteiger partial charge in [-0.25, -0.2) is 0 Å². The van der Waals surface area contributed by atoms with Crippen molar-refractivity contribution in [1.29, 1.82) is 0 Å². The van der Waals surface area contributed by atoms with Crippen LogP contribution in [-0.2, 0) is 13.0 Å². The van der Waals surface area contributed by atoms with Gasteiger partial charge in [0.25, 0.3) is 0 Å². The van der Waals surface area contributed by atoms with Gasteiger partial charge in [0.05, 0.1) is 5.52 Å². The molecule has 0 saturated heterocycles. The number of rotatable bonds is 7. The molecule has 0 spiro atoms. The number of primary amides is 1. The fourth-order valence-corrected chi connectivity index (χ4v) is 4.08. The number of ketones is 1. The summed E-state index contributed by atoms with van der Waals surface area (Å²) >= 11 is 12.5. The van der Waals surface area contributed by atoms with Crippen molar-refractivity contribution in [2.75, 3.05) is 0 Å². The Morgan fingerprint density at radius 1 is 1.10 bits per heavy atom. The SMILES string of the molecule is CCCc1c(C(=O)C(C)C)c2ccc(C(N)=O)cc2n1Cc1ccc(Cl)cc1Cl. The molecule has 0 aliphatic heterocycles. The number of aromatic nitrogens is 1. The lowest BCUT2D eigenvalue weighted by Gasteiger charge is -2.14. The number of hydrogen-bond acceptors (Lipinski definition) is 2. The lowest BCUT2D eigenvalue weighted by atomic mass is 9.96. The second-order valence-electron chi connectivity index (χ2n) is 7.51. The minimum atomic E-state index is -0.502. The van der Waals surface area contributed by atoms with Gasteiger partial charge < -0.3 is 10.3 Å². The third kappa shape index (κ3) is 4.19. The maximum absolute atomic E-state index is 13.1. The van der Waals surface area contributed by atoms with Gasteiger partial charge >= 0.3 is 0 Å². The first-order chi connectivity index (χ1) is 13.7. The smallest absolute Gasteiger partial charge is 0.248 e. The van der Waals surface area contributed by atoms with Crippen LogP contribution in [0.15, 0.2) is 36.4 Å². The zero-order valence-corrected chi connectivity index (χ0v) is 18.3. The van der Waals surface area contributed by atoms with Gasteiger partial charge in [0.2, 0.25) is 5.91 Å². The van der Waals surface area contributed by atoms with Gasteiger partial charge in [0.15, 0.2) is 5.78 Å². The molecule has 0 aliphatic carbocycles. The second kappa shape index (κ2) is 8.60. The highest BCUT2D eigenvalue weighted by Crippen LogP contribution is 2.32. The summed E-state index contributed by atoms with van der Waals surface area (Å²) < 4.78 is 2.08. The first kappa shape index (κ1) is 21.4. The number of hydrogen-bond donors (Lipinski definition) is 1. The highest BCUT2D eigenvalue weighted by molar-refractivity contribution is 6.35. The van der Waals surface area contributed by atoms with Crippen LogP contribution in [0.2, 0.25) is 10.0 Å². The summed E-state index contributed by atoms with van der Waals surface area (Å²) in [5.41, 5.74) is 9.28. The molecule has 1 amide bonds. The van der Waals surface area contributed by atoms with Crippen molar-refractivity contribution in [2.24, 2.45) is 11.7 Å². The van der Waals surface area contributed by atoms with E-state index < -0.39 is 5.91 Å². The number of fused-ring (bicyclic) bond motifs is 1. The number of nitrogens with zero attached hydrogens (tertiary/aromatic N) is 1. The van der Waals surface area contributed by atoms with Crippen molar-refractivity contribution in [3.05, 3.63) is 68.8 Å². The van der Waals surface area contributed by atoms with E-state index in [1.165, 1.54) is 0 Å². The normalized spacial score (nSPS) is 11.4. The molecule has 0 radical (unpaired) electrons. The van der Waals surface area contributed by atoms with Crippen molar-refractivity contribution in [2.45, 2.75) is 40.2 Å². The van der Waals surface area contributed by atoms with Crippen molar-refractivity contribution in [3.8, 4) is 0 Å². The van der Waals surface area contributed by atoms with Gasteiger partial charge in [0, 0.05) is 44.7 Å². The molecular weight excluding hydrogens is 407 g/mol. The topological polar surface area (TPSA) is 65.1 Å². The van der Waals surface area contributed by atoms with E-state index in [1.807, 2.05) is 26.0 Å². The first-order valence-electron chi connectivity index (χ1n) is 9.67. The molecule has 0 bridgehead atoms. The number of carbonyl (C=O) groups is 2. The van der Waals surface area contributed by atoms with E-state index in [4.69, 9.17) is 28.9 Å². The summed E-state index contributed by atoms with van der Waals surface area (Å²) in [7, 11) is 0. The van der Waals surface area contributed by atoms with Gasteiger partial charge in [-0.2, -0.15) is 0 Å². The van der Waals surface area contributed by atoms with E-state index >= 15 is 0 Å². The van der Waals surface area contributed by atoms with Gasteiger partial charge in [-0.3, -0.25) is 9.59 Å². The summed E-state index contributed by atoms with van der Waals surface area (Å²) in [4.78, 5) is 24.9. The molecule has 0 aliphatic rings. The summed E-state index contributed by atoms with van der Waals surface area (Å²) in [6.07, 6.45) is 1.62. The monoisotopic (exact) mass is 430 g/mol. The van der Waals surface area contributed by atoms with Crippen LogP contribution in [-0.4, -0.2) is 16.3 Å². The Balaban J connectivity index is 2.32. The highest BCUT2D eigenvalue weighted by Gasteiger charge is 2.24. The molecule has 0 saturated carbocycles. The Bertz CT molecular complexity index is 1100. The third-order valence-electron chi connectivity index (χ3n) is 5.06. The molecule has 6 heteroatoms. The molecule has 1 heterocycles. The van der Waals surface area contributed by atoms with Crippen LogP contribution in [0.5, 0.6) is 0 Å². The summed E-state index contributed by atoms with van der Waals surface area (Å²) in [5, 5.41) is 1.96. The minimum Gasteiger partial charge on any atom is -0.366 e. The standard InChI is InChI=1S/C23H24Cl2N2O2/c1-4-5-19-21(22(28)13(2)3)17-9-7-14(23(26)29)10-20(17)27(19)12-15-6-8-16(24)11-18(15)25/h6-11,13H,4-5,12H2,1-3H3,(H2,26,29). The third-order valence-corrected chi connectivity index (χ3v) is 5.64. The Morgan fingerprint density at radius 3 is 2.41 bits per heavy atom. The van der Waals surface area contributed by atoms with E-state index in [2.05, 4.69) is 11.5 Å². The minimum absolute atomic E-state index is 0.0891. The predicted octanol–water partition coefficient (Wildman–Crippen LogP) is 5.89. The van der Waals surface area contributed by atoms with E-state index in [0.717, 1.165) is 40.6 Å². The highest BCUT2D eigenvalue weighted by atomic mass is 35.5. The van der Waals surface area contributed by atoms with Gasteiger partial charge in [-0.05, 0) is 36.2 Å². The lowest BCUT2D eigenvalue weighted by Crippen LogP contribution is -2.12. The Hall–Kier alpha value is -2.30. The van der Waals surface area contributed by atoms with Crippen LogP contribution in [0, 0.1) is 5.92 Å². The van der Waals surface area contributed by atoms with Crippen LogP contribution < -0.4 is 5.73 Å². The first-order valence-corrected chi connectivity index (χ1v) is 10.4. The molecule has 4 nitrogen and oxygen atoms in total. The van der Waals surface area contributed by atoms with Gasteiger partial charge in [-0.15, -0.1) is 0 Å². The molecule has 3 aromatic rings. The maximum atomic E-state index is 13.1. The number of nitrogens with two attached hydrogens (primary N) is 1. The molecule has 2 aromatic carbocycles.